The van der Waals surface area contributed by atoms with E-state index < -0.39 is 0 Å². The van der Waals surface area contributed by atoms with Crippen molar-refractivity contribution in [1.29, 1.82) is 0 Å². The predicted molar refractivity (Wildman–Crippen MR) is 71.9 cm³/mol. The van der Waals surface area contributed by atoms with Gasteiger partial charge in [0, 0.05) is 18.0 Å². The normalized spacial score (nSPS) is 27.9. The summed E-state index contributed by atoms with van der Waals surface area (Å²) < 4.78 is 0. The number of hydrogen-bond acceptors (Lipinski definition) is 2. The average Bonchev–Trinajstić information content (AvgIpc) is 3.15. The number of amides is 1. The third-order valence-electron chi connectivity index (χ3n) is 3.43. The van der Waals surface area contributed by atoms with Gasteiger partial charge in [0.1, 0.15) is 0 Å². The first-order valence-electron chi connectivity index (χ1n) is 7.18. The van der Waals surface area contributed by atoms with Crippen molar-refractivity contribution >= 4 is 5.91 Å². The summed E-state index contributed by atoms with van der Waals surface area (Å²) in [6.07, 6.45) is 8.15. The van der Waals surface area contributed by atoms with Crippen molar-refractivity contribution < 1.29 is 4.79 Å². The van der Waals surface area contributed by atoms with Crippen molar-refractivity contribution in [2.24, 2.45) is 5.92 Å². The van der Waals surface area contributed by atoms with Crippen LogP contribution < -0.4 is 10.6 Å². The van der Waals surface area contributed by atoms with Gasteiger partial charge in [-0.25, -0.2) is 0 Å². The summed E-state index contributed by atoms with van der Waals surface area (Å²) >= 11 is 0. The molecule has 0 bridgehead atoms. The fraction of sp³-hybridized carbons (Fsp3) is 0.929. The molecule has 1 amide bonds. The smallest absolute Gasteiger partial charge is 0.223 e. The highest BCUT2D eigenvalue weighted by molar-refractivity contribution is 5.81. The van der Waals surface area contributed by atoms with Gasteiger partial charge in [0.05, 0.1) is 0 Å². The minimum absolute atomic E-state index is 0.304. The van der Waals surface area contributed by atoms with Gasteiger partial charge >= 0.3 is 0 Å². The second kappa shape index (κ2) is 7.70. The average molecular weight is 240 g/mol. The van der Waals surface area contributed by atoms with Crippen LogP contribution in [0.25, 0.3) is 0 Å². The second-order valence-corrected chi connectivity index (χ2v) is 5.33. The number of rotatable bonds is 3. The molecule has 0 aromatic carbocycles. The van der Waals surface area contributed by atoms with E-state index in [0.29, 0.717) is 23.9 Å². The summed E-state index contributed by atoms with van der Waals surface area (Å²) in [4.78, 5) is 11.5. The SMILES string of the molecule is CCC.CNC1CCC(NC(=O)C2CC2)CC1. The molecule has 0 atom stereocenters. The molecule has 0 aliphatic heterocycles. The Morgan fingerprint density at radius 3 is 1.88 bits per heavy atom. The molecule has 2 fully saturated rings. The Kier molecular flexibility index (Phi) is 6.56. The second-order valence-electron chi connectivity index (χ2n) is 5.33. The number of nitrogens with one attached hydrogen (secondary N) is 2. The van der Waals surface area contributed by atoms with Gasteiger partial charge in [-0.1, -0.05) is 20.3 Å². The first kappa shape index (κ1) is 14.5. The molecule has 2 saturated carbocycles. The van der Waals surface area contributed by atoms with Crippen molar-refractivity contribution in [1.82, 2.24) is 10.6 Å². The van der Waals surface area contributed by atoms with Gasteiger partial charge in [0.25, 0.3) is 0 Å². The summed E-state index contributed by atoms with van der Waals surface area (Å²) in [6.45, 7) is 4.25. The Hall–Kier alpha value is -0.570. The summed E-state index contributed by atoms with van der Waals surface area (Å²) in [5.41, 5.74) is 0. The summed E-state index contributed by atoms with van der Waals surface area (Å²) in [6, 6.07) is 1.12. The molecule has 100 valence electrons. The molecule has 0 heterocycles. The van der Waals surface area contributed by atoms with E-state index in [1.54, 1.807) is 0 Å². The van der Waals surface area contributed by atoms with Crippen LogP contribution in [0.5, 0.6) is 0 Å². The van der Waals surface area contributed by atoms with Crippen LogP contribution in [0, 0.1) is 5.92 Å². The Bertz CT molecular complexity index is 218. The lowest BCUT2D eigenvalue weighted by Gasteiger charge is -2.28. The minimum atomic E-state index is 0.304. The van der Waals surface area contributed by atoms with Gasteiger partial charge < -0.3 is 10.6 Å². The highest BCUT2D eigenvalue weighted by atomic mass is 16.2. The molecule has 0 aromatic rings. The van der Waals surface area contributed by atoms with Crippen LogP contribution in [0.2, 0.25) is 0 Å². The maximum atomic E-state index is 11.5. The molecule has 0 saturated heterocycles. The third-order valence-corrected chi connectivity index (χ3v) is 3.43. The van der Waals surface area contributed by atoms with E-state index in [1.807, 2.05) is 7.05 Å². The van der Waals surface area contributed by atoms with Crippen LogP contribution in [-0.4, -0.2) is 25.0 Å². The molecule has 0 spiro atoms. The Labute approximate surface area is 106 Å². The molecule has 0 aromatic heterocycles. The monoisotopic (exact) mass is 240 g/mol. The van der Waals surface area contributed by atoms with Crippen molar-refractivity contribution in [2.75, 3.05) is 7.05 Å². The zero-order valence-corrected chi connectivity index (χ0v) is 11.6. The largest absolute Gasteiger partial charge is 0.353 e. The first-order valence-corrected chi connectivity index (χ1v) is 7.18. The molecule has 0 unspecified atom stereocenters. The van der Waals surface area contributed by atoms with E-state index in [0.717, 1.165) is 25.7 Å². The first-order chi connectivity index (χ1) is 8.21. The van der Waals surface area contributed by atoms with E-state index in [9.17, 15) is 4.79 Å². The summed E-state index contributed by atoms with van der Waals surface area (Å²) in [5, 5.41) is 6.46. The quantitative estimate of drug-likeness (QED) is 0.795. The van der Waals surface area contributed by atoms with Crippen molar-refractivity contribution in [2.45, 2.75) is 70.9 Å². The predicted octanol–water partition coefficient (Wildman–Crippen LogP) is 2.46. The van der Waals surface area contributed by atoms with E-state index in [-0.39, 0.29) is 0 Å². The molecule has 17 heavy (non-hydrogen) atoms. The van der Waals surface area contributed by atoms with Gasteiger partial charge in [-0.05, 0) is 45.6 Å². The molecule has 3 heteroatoms. The lowest BCUT2D eigenvalue weighted by Crippen LogP contribution is -2.41. The Balaban J connectivity index is 0.000000437. The maximum absolute atomic E-state index is 11.5. The van der Waals surface area contributed by atoms with E-state index >= 15 is 0 Å². The van der Waals surface area contributed by atoms with Gasteiger partial charge in [-0.3, -0.25) is 4.79 Å². The van der Waals surface area contributed by atoms with Crippen LogP contribution in [0.15, 0.2) is 0 Å². The molecule has 3 nitrogen and oxygen atoms in total. The molecular weight excluding hydrogens is 212 g/mol. The highest BCUT2D eigenvalue weighted by Gasteiger charge is 2.31. The van der Waals surface area contributed by atoms with Crippen molar-refractivity contribution in [3.05, 3.63) is 0 Å². The maximum Gasteiger partial charge on any atom is 0.223 e. The molecular formula is C14H28N2O. The fourth-order valence-electron chi connectivity index (χ4n) is 2.19. The molecule has 2 N–H and O–H groups in total. The number of carbonyl (C=O) groups excluding carboxylic acids is 1. The van der Waals surface area contributed by atoms with Gasteiger partial charge in [-0.2, -0.15) is 0 Å². The van der Waals surface area contributed by atoms with Crippen LogP contribution in [0.4, 0.5) is 0 Å². The Morgan fingerprint density at radius 1 is 1.00 bits per heavy atom. The van der Waals surface area contributed by atoms with Crippen LogP contribution in [0.1, 0.15) is 58.8 Å². The van der Waals surface area contributed by atoms with Crippen LogP contribution in [-0.2, 0) is 4.79 Å². The molecule has 2 rings (SSSR count). The molecule has 2 aliphatic carbocycles. The fourth-order valence-corrected chi connectivity index (χ4v) is 2.19. The minimum Gasteiger partial charge on any atom is -0.353 e. The van der Waals surface area contributed by atoms with E-state index in [1.165, 1.54) is 19.3 Å². The third kappa shape index (κ3) is 5.53. The van der Waals surface area contributed by atoms with Gasteiger partial charge in [0.15, 0.2) is 0 Å². The van der Waals surface area contributed by atoms with Gasteiger partial charge in [0.2, 0.25) is 5.91 Å². The standard InChI is InChI=1S/C11H20N2O.C3H8/c1-12-9-4-6-10(7-5-9)13-11(14)8-2-3-8;1-3-2/h8-10,12H,2-7H2,1H3,(H,13,14);3H2,1-2H3. The summed E-state index contributed by atoms with van der Waals surface area (Å²) in [5.74, 6) is 0.662. The zero-order valence-electron chi connectivity index (χ0n) is 11.6. The van der Waals surface area contributed by atoms with Crippen LogP contribution in [0.3, 0.4) is 0 Å². The molecule has 0 radical (unpaired) electrons. The van der Waals surface area contributed by atoms with Gasteiger partial charge in [-0.15, -0.1) is 0 Å². The van der Waals surface area contributed by atoms with E-state index in [4.69, 9.17) is 0 Å². The zero-order chi connectivity index (χ0) is 12.7. The summed E-state index contributed by atoms with van der Waals surface area (Å²) in [7, 11) is 2.02. The Morgan fingerprint density at radius 2 is 1.47 bits per heavy atom. The van der Waals surface area contributed by atoms with Crippen LogP contribution >= 0.6 is 0 Å². The van der Waals surface area contributed by atoms with Crippen molar-refractivity contribution in [3.8, 4) is 0 Å². The lowest BCUT2D eigenvalue weighted by atomic mass is 9.91. The number of carbonyl (C=O) groups is 1. The van der Waals surface area contributed by atoms with E-state index in [2.05, 4.69) is 24.5 Å². The van der Waals surface area contributed by atoms with Crippen molar-refractivity contribution in [3.63, 3.8) is 0 Å². The lowest BCUT2D eigenvalue weighted by molar-refractivity contribution is -0.123. The topological polar surface area (TPSA) is 41.1 Å². The highest BCUT2D eigenvalue weighted by Crippen LogP contribution is 2.29. The number of hydrogen-bond donors (Lipinski definition) is 2. The molecule has 2 aliphatic rings.